The van der Waals surface area contributed by atoms with E-state index < -0.39 is 6.10 Å². The third-order valence-corrected chi connectivity index (χ3v) is 9.21. The number of ether oxygens (including phenoxy) is 1. The molecule has 1 aromatic heterocycles. The number of aryl methyl sites for hydroxylation is 1. The molecule has 0 spiro atoms. The predicted molar refractivity (Wildman–Crippen MR) is 191 cm³/mol. The van der Waals surface area contributed by atoms with Gasteiger partial charge in [0.15, 0.2) is 5.75 Å². The van der Waals surface area contributed by atoms with E-state index in [4.69, 9.17) is 4.74 Å². The highest BCUT2D eigenvalue weighted by molar-refractivity contribution is 9.08. The van der Waals surface area contributed by atoms with E-state index in [1.165, 1.54) is 23.3 Å². The van der Waals surface area contributed by atoms with Crippen molar-refractivity contribution in [3.05, 3.63) is 178 Å². The number of aliphatic hydroxyl groups is 1. The van der Waals surface area contributed by atoms with Crippen molar-refractivity contribution in [1.29, 1.82) is 0 Å². The first-order chi connectivity index (χ1) is 23.5. The van der Waals surface area contributed by atoms with Gasteiger partial charge in [-0.3, -0.25) is 9.78 Å². The topological polar surface area (TPSA) is 62.7 Å². The third kappa shape index (κ3) is 7.18. The minimum atomic E-state index is -0.481. The molecule has 0 fully saturated rings. The summed E-state index contributed by atoms with van der Waals surface area (Å²) in [6.45, 7) is 2.55. The number of alkyl halides is 1. The Morgan fingerprint density at radius 1 is 0.833 bits per heavy atom. The van der Waals surface area contributed by atoms with Gasteiger partial charge in [-0.15, -0.1) is 0 Å². The summed E-state index contributed by atoms with van der Waals surface area (Å²) in [5.74, 6) is -0.133. The molecule has 1 aliphatic rings. The number of hydrogen-bond donors (Lipinski definition) is 1. The van der Waals surface area contributed by atoms with Crippen LogP contribution in [0, 0.1) is 5.82 Å². The van der Waals surface area contributed by atoms with Crippen LogP contribution in [-0.4, -0.2) is 20.9 Å². The smallest absolute Gasteiger partial charge is 0.258 e. The highest BCUT2D eigenvalue weighted by Gasteiger charge is 2.36. The highest BCUT2D eigenvalue weighted by Crippen LogP contribution is 2.43. The van der Waals surface area contributed by atoms with E-state index in [0.717, 1.165) is 39.4 Å². The van der Waals surface area contributed by atoms with Crippen LogP contribution in [0.1, 0.15) is 62.3 Å². The van der Waals surface area contributed by atoms with E-state index in [2.05, 4.69) is 52.1 Å². The fourth-order valence-electron chi connectivity index (χ4n) is 6.02. The number of benzene rings is 5. The molecule has 1 N–H and O–H groups in total. The van der Waals surface area contributed by atoms with Gasteiger partial charge >= 0.3 is 0 Å². The standard InChI is InChI=1S/C32H25FN2O3.C9H11Br/c33-24-15-13-21(14-16-24)18-35-19-26-27(20-36)25-12-7-17-34-29(25)31(28(26)32(35)37)38-30(22-8-3-1-4-9-22)23-10-5-2-6-11-23;1-2-8-3-5-9(7-10)6-4-8/h1-17,30,36H,18-20H2;3-6H,2,7H2,1H3. The van der Waals surface area contributed by atoms with Crippen LogP contribution in [0.3, 0.4) is 0 Å². The normalized spacial score (nSPS) is 12.2. The van der Waals surface area contributed by atoms with Crippen molar-refractivity contribution in [1.82, 2.24) is 9.88 Å². The van der Waals surface area contributed by atoms with Crippen molar-refractivity contribution in [2.24, 2.45) is 0 Å². The summed E-state index contributed by atoms with van der Waals surface area (Å²) >= 11 is 3.40. The number of nitrogens with zero attached hydrogens (tertiary/aromatic N) is 2. The predicted octanol–water partition coefficient (Wildman–Crippen LogP) is 9.33. The van der Waals surface area contributed by atoms with E-state index in [0.29, 0.717) is 35.5 Å². The lowest BCUT2D eigenvalue weighted by Crippen LogP contribution is -2.23. The van der Waals surface area contributed by atoms with Crippen LogP contribution in [0.5, 0.6) is 5.75 Å². The Balaban J connectivity index is 0.000000345. The number of hydrogen-bond acceptors (Lipinski definition) is 4. The zero-order chi connectivity index (χ0) is 33.5. The van der Waals surface area contributed by atoms with Crippen LogP contribution in [0.2, 0.25) is 0 Å². The summed E-state index contributed by atoms with van der Waals surface area (Å²) in [7, 11) is 0. The molecule has 6 aromatic rings. The first-order valence-electron chi connectivity index (χ1n) is 16.0. The molecule has 0 bridgehead atoms. The second kappa shape index (κ2) is 15.4. The molecule has 0 radical (unpaired) electrons. The molecule has 48 heavy (non-hydrogen) atoms. The van der Waals surface area contributed by atoms with Crippen molar-refractivity contribution >= 4 is 32.7 Å². The maximum absolute atomic E-state index is 13.9. The Bertz CT molecular complexity index is 1920. The molecule has 5 aromatic carbocycles. The van der Waals surface area contributed by atoms with Gasteiger partial charge in [0.2, 0.25) is 0 Å². The number of halogens is 2. The van der Waals surface area contributed by atoms with Crippen molar-refractivity contribution in [2.75, 3.05) is 0 Å². The Morgan fingerprint density at radius 2 is 1.44 bits per heavy atom. The van der Waals surface area contributed by atoms with Crippen molar-refractivity contribution in [3.8, 4) is 5.75 Å². The second-order valence-electron chi connectivity index (χ2n) is 11.6. The molecule has 242 valence electrons. The molecule has 7 heteroatoms. The van der Waals surface area contributed by atoms with Gasteiger partial charge in [-0.05, 0) is 63.6 Å². The molecule has 0 atom stereocenters. The summed E-state index contributed by atoms with van der Waals surface area (Å²) in [6, 6.07) is 38.2. The summed E-state index contributed by atoms with van der Waals surface area (Å²) in [6.07, 6.45) is 2.31. The summed E-state index contributed by atoms with van der Waals surface area (Å²) in [5.41, 5.74) is 7.80. The van der Waals surface area contributed by atoms with Gasteiger partial charge in [-0.1, -0.05) is 126 Å². The van der Waals surface area contributed by atoms with E-state index in [1.54, 1.807) is 23.2 Å². The quantitative estimate of drug-likeness (QED) is 0.153. The summed E-state index contributed by atoms with van der Waals surface area (Å²) < 4.78 is 20.3. The summed E-state index contributed by atoms with van der Waals surface area (Å²) in [5, 5.41) is 12.1. The van der Waals surface area contributed by atoms with Crippen molar-refractivity contribution in [3.63, 3.8) is 0 Å². The van der Waals surface area contributed by atoms with Gasteiger partial charge in [-0.2, -0.15) is 0 Å². The average molecular weight is 704 g/mol. The van der Waals surface area contributed by atoms with Gasteiger partial charge in [0.25, 0.3) is 5.91 Å². The molecule has 0 aliphatic carbocycles. The lowest BCUT2D eigenvalue weighted by molar-refractivity contribution is 0.0762. The molecular formula is C41H36BrFN2O3. The average Bonchev–Trinajstić information content (AvgIpc) is 3.46. The van der Waals surface area contributed by atoms with Crippen LogP contribution in [0.25, 0.3) is 10.9 Å². The minimum absolute atomic E-state index is 0.207. The maximum Gasteiger partial charge on any atom is 0.258 e. The van der Waals surface area contributed by atoms with E-state index in [9.17, 15) is 14.3 Å². The third-order valence-electron chi connectivity index (χ3n) is 8.56. The molecule has 0 saturated carbocycles. The Labute approximate surface area is 288 Å². The number of aliphatic hydroxyl groups excluding tert-OH is 1. The van der Waals surface area contributed by atoms with E-state index in [1.807, 2.05) is 72.8 Å². The fraction of sp³-hybridized carbons (Fsp3) is 0.171. The lowest BCUT2D eigenvalue weighted by atomic mass is 9.96. The minimum Gasteiger partial charge on any atom is -0.478 e. The van der Waals surface area contributed by atoms with Gasteiger partial charge < -0.3 is 14.7 Å². The lowest BCUT2D eigenvalue weighted by Gasteiger charge is -2.23. The number of fused-ring (bicyclic) bond motifs is 2. The number of amides is 1. The number of carbonyl (C=O) groups excluding carboxylic acids is 1. The zero-order valence-corrected chi connectivity index (χ0v) is 28.2. The van der Waals surface area contributed by atoms with Crippen LogP contribution in [0.4, 0.5) is 4.39 Å². The molecule has 0 unspecified atom stereocenters. The monoisotopic (exact) mass is 702 g/mol. The first-order valence-corrected chi connectivity index (χ1v) is 17.1. The molecule has 5 nitrogen and oxygen atoms in total. The molecule has 2 heterocycles. The summed E-state index contributed by atoms with van der Waals surface area (Å²) in [4.78, 5) is 20.2. The van der Waals surface area contributed by atoms with Gasteiger partial charge in [0.05, 0.1) is 12.2 Å². The van der Waals surface area contributed by atoms with Crippen LogP contribution in [0.15, 0.2) is 128 Å². The first kappa shape index (κ1) is 33.1. The van der Waals surface area contributed by atoms with Crippen molar-refractivity contribution < 1.29 is 19.0 Å². The second-order valence-corrected chi connectivity index (χ2v) is 12.2. The number of aromatic nitrogens is 1. The fourth-order valence-corrected chi connectivity index (χ4v) is 6.39. The van der Waals surface area contributed by atoms with Crippen LogP contribution < -0.4 is 4.74 Å². The Hall–Kier alpha value is -4.85. The number of pyridine rings is 1. The van der Waals surface area contributed by atoms with Crippen molar-refractivity contribution in [2.45, 2.75) is 44.5 Å². The van der Waals surface area contributed by atoms with Crippen LogP contribution >= 0.6 is 15.9 Å². The van der Waals surface area contributed by atoms with Gasteiger partial charge in [0.1, 0.15) is 17.4 Å². The van der Waals surface area contributed by atoms with Crippen LogP contribution in [-0.2, 0) is 31.4 Å². The molecule has 0 saturated heterocycles. The molecule has 1 amide bonds. The Morgan fingerprint density at radius 3 is 2.02 bits per heavy atom. The van der Waals surface area contributed by atoms with E-state index in [-0.39, 0.29) is 18.3 Å². The molecule has 7 rings (SSSR count). The maximum atomic E-state index is 13.9. The number of carbonyl (C=O) groups is 1. The highest BCUT2D eigenvalue weighted by atomic mass is 79.9. The molecular weight excluding hydrogens is 667 g/mol. The van der Waals surface area contributed by atoms with Gasteiger partial charge in [-0.25, -0.2) is 4.39 Å². The largest absolute Gasteiger partial charge is 0.478 e. The van der Waals surface area contributed by atoms with E-state index >= 15 is 0 Å². The zero-order valence-electron chi connectivity index (χ0n) is 26.7. The Kier molecular flexibility index (Phi) is 10.6. The SMILES string of the molecule is CCc1ccc(CBr)cc1.O=C1c2c(c(CO)c3cccnc3c2OC(c2ccccc2)c2ccccc2)CN1Cc1ccc(F)cc1. The molecule has 1 aliphatic heterocycles. The van der Waals surface area contributed by atoms with Gasteiger partial charge in [0, 0.05) is 30.0 Å². The number of rotatable bonds is 9.